The first-order valence-corrected chi connectivity index (χ1v) is 7.35. The van der Waals surface area contributed by atoms with E-state index in [1.165, 1.54) is 11.3 Å². The average molecular weight is 274 g/mol. The molecule has 0 aliphatic carbocycles. The average Bonchev–Trinajstić information content (AvgIpc) is 2.75. The van der Waals surface area contributed by atoms with Crippen molar-refractivity contribution in [2.75, 3.05) is 6.54 Å². The number of carbonyl (C=O) groups is 1. The Labute approximate surface area is 113 Å². The summed E-state index contributed by atoms with van der Waals surface area (Å²) in [6.45, 7) is 7.18. The maximum Gasteiger partial charge on any atom is 0.264 e. The fourth-order valence-corrected chi connectivity index (χ4v) is 2.64. The zero-order valence-corrected chi connectivity index (χ0v) is 12.3. The van der Waals surface area contributed by atoms with Crippen molar-refractivity contribution in [3.05, 3.63) is 21.3 Å². The predicted octanol–water partition coefficient (Wildman–Crippen LogP) is 4.44. The van der Waals surface area contributed by atoms with Crippen LogP contribution < -0.4 is 0 Å². The second-order valence-corrected chi connectivity index (χ2v) is 5.93. The first-order valence-electron chi connectivity index (χ1n) is 6.16. The molecule has 1 rings (SSSR count). The summed E-state index contributed by atoms with van der Waals surface area (Å²) in [7, 11) is 0. The molecular weight excluding hydrogens is 254 g/mol. The molecule has 0 spiro atoms. The first kappa shape index (κ1) is 14.5. The summed E-state index contributed by atoms with van der Waals surface area (Å²) in [4.78, 5) is 15.0. The van der Waals surface area contributed by atoms with E-state index in [-0.39, 0.29) is 11.9 Å². The van der Waals surface area contributed by atoms with Gasteiger partial charge in [0.05, 0.1) is 9.21 Å². The van der Waals surface area contributed by atoms with Crippen molar-refractivity contribution in [2.24, 2.45) is 0 Å². The largest absolute Gasteiger partial charge is 0.335 e. The van der Waals surface area contributed by atoms with E-state index < -0.39 is 0 Å². The maximum atomic E-state index is 12.3. The zero-order valence-electron chi connectivity index (χ0n) is 10.7. The van der Waals surface area contributed by atoms with E-state index >= 15 is 0 Å². The van der Waals surface area contributed by atoms with Gasteiger partial charge in [0.1, 0.15) is 0 Å². The van der Waals surface area contributed by atoms with Crippen molar-refractivity contribution < 1.29 is 4.79 Å². The Morgan fingerprint density at radius 1 is 1.47 bits per heavy atom. The standard InChI is InChI=1S/C13H20ClNOS/c1-4-6-9-15(10(3)5-2)13(16)11-7-8-12(14)17-11/h7-8,10H,4-6,9H2,1-3H3. The van der Waals surface area contributed by atoms with E-state index in [4.69, 9.17) is 11.6 Å². The molecule has 0 saturated carbocycles. The molecule has 1 amide bonds. The molecule has 1 atom stereocenters. The van der Waals surface area contributed by atoms with Gasteiger partial charge in [-0.3, -0.25) is 4.79 Å². The molecule has 0 fully saturated rings. The summed E-state index contributed by atoms with van der Waals surface area (Å²) in [6.07, 6.45) is 3.13. The molecule has 17 heavy (non-hydrogen) atoms. The number of hydrogen-bond acceptors (Lipinski definition) is 2. The Hall–Kier alpha value is -0.540. The molecule has 1 heterocycles. The topological polar surface area (TPSA) is 20.3 Å². The number of carbonyl (C=O) groups excluding carboxylic acids is 1. The van der Waals surface area contributed by atoms with Gasteiger partial charge in [0.15, 0.2) is 0 Å². The Balaban J connectivity index is 2.78. The summed E-state index contributed by atoms with van der Waals surface area (Å²) in [5, 5.41) is 0. The van der Waals surface area contributed by atoms with E-state index in [9.17, 15) is 4.79 Å². The normalized spacial score (nSPS) is 12.5. The Bertz CT molecular complexity index is 364. The lowest BCUT2D eigenvalue weighted by atomic mass is 10.2. The van der Waals surface area contributed by atoms with E-state index in [0.29, 0.717) is 4.34 Å². The van der Waals surface area contributed by atoms with E-state index in [2.05, 4.69) is 20.8 Å². The van der Waals surface area contributed by atoms with Crippen LogP contribution in [0.2, 0.25) is 4.34 Å². The van der Waals surface area contributed by atoms with Crippen molar-refractivity contribution in [1.82, 2.24) is 4.90 Å². The van der Waals surface area contributed by atoms with E-state index in [1.54, 1.807) is 6.07 Å². The molecule has 0 aromatic carbocycles. The monoisotopic (exact) mass is 273 g/mol. The number of hydrogen-bond donors (Lipinski definition) is 0. The van der Waals surface area contributed by atoms with E-state index in [0.717, 1.165) is 30.7 Å². The van der Waals surface area contributed by atoms with Gasteiger partial charge in [0, 0.05) is 12.6 Å². The van der Waals surface area contributed by atoms with Crippen LogP contribution in [-0.4, -0.2) is 23.4 Å². The third-order valence-corrected chi connectivity index (χ3v) is 4.14. The third kappa shape index (κ3) is 4.00. The number of amides is 1. The quantitative estimate of drug-likeness (QED) is 0.750. The highest BCUT2D eigenvalue weighted by Crippen LogP contribution is 2.24. The molecule has 1 aromatic rings. The van der Waals surface area contributed by atoms with Gasteiger partial charge in [0.25, 0.3) is 5.91 Å². The van der Waals surface area contributed by atoms with Gasteiger partial charge >= 0.3 is 0 Å². The van der Waals surface area contributed by atoms with Crippen molar-refractivity contribution >= 4 is 28.8 Å². The molecule has 0 aliphatic rings. The Morgan fingerprint density at radius 2 is 2.18 bits per heavy atom. The van der Waals surface area contributed by atoms with Gasteiger partial charge in [-0.1, -0.05) is 31.9 Å². The fourth-order valence-electron chi connectivity index (χ4n) is 1.64. The van der Waals surface area contributed by atoms with Gasteiger partial charge in [-0.2, -0.15) is 0 Å². The highest BCUT2D eigenvalue weighted by atomic mass is 35.5. The smallest absolute Gasteiger partial charge is 0.264 e. The van der Waals surface area contributed by atoms with Crippen LogP contribution in [0, 0.1) is 0 Å². The van der Waals surface area contributed by atoms with Crippen LogP contribution in [0.5, 0.6) is 0 Å². The highest BCUT2D eigenvalue weighted by molar-refractivity contribution is 7.17. The minimum Gasteiger partial charge on any atom is -0.335 e. The molecule has 0 saturated heterocycles. The van der Waals surface area contributed by atoms with Crippen molar-refractivity contribution in [3.63, 3.8) is 0 Å². The molecular formula is C13H20ClNOS. The fraction of sp³-hybridized carbons (Fsp3) is 0.615. The van der Waals surface area contributed by atoms with Crippen LogP contribution in [0.4, 0.5) is 0 Å². The SMILES string of the molecule is CCCCN(C(=O)c1ccc(Cl)s1)C(C)CC. The van der Waals surface area contributed by atoms with Gasteiger partial charge in [-0.05, 0) is 31.9 Å². The van der Waals surface area contributed by atoms with Crippen LogP contribution in [-0.2, 0) is 0 Å². The van der Waals surface area contributed by atoms with Crippen LogP contribution in [0.3, 0.4) is 0 Å². The third-order valence-electron chi connectivity index (χ3n) is 2.92. The maximum absolute atomic E-state index is 12.3. The van der Waals surface area contributed by atoms with Crippen LogP contribution in [0.25, 0.3) is 0 Å². The summed E-state index contributed by atoms with van der Waals surface area (Å²) in [5.41, 5.74) is 0. The van der Waals surface area contributed by atoms with Crippen molar-refractivity contribution in [2.45, 2.75) is 46.1 Å². The van der Waals surface area contributed by atoms with Gasteiger partial charge in [0.2, 0.25) is 0 Å². The summed E-state index contributed by atoms with van der Waals surface area (Å²) in [5.74, 6) is 0.115. The lowest BCUT2D eigenvalue weighted by molar-refractivity contribution is 0.0690. The molecule has 1 unspecified atom stereocenters. The highest BCUT2D eigenvalue weighted by Gasteiger charge is 2.21. The van der Waals surface area contributed by atoms with Crippen LogP contribution >= 0.6 is 22.9 Å². The number of rotatable bonds is 6. The van der Waals surface area contributed by atoms with Crippen molar-refractivity contribution in [1.29, 1.82) is 0 Å². The zero-order chi connectivity index (χ0) is 12.8. The molecule has 1 aromatic heterocycles. The van der Waals surface area contributed by atoms with E-state index in [1.807, 2.05) is 11.0 Å². The number of halogens is 1. The first-order chi connectivity index (χ1) is 8.10. The second kappa shape index (κ2) is 7.02. The lowest BCUT2D eigenvalue weighted by Crippen LogP contribution is -2.38. The summed E-state index contributed by atoms with van der Waals surface area (Å²) in [6, 6.07) is 3.89. The molecule has 96 valence electrons. The van der Waals surface area contributed by atoms with Gasteiger partial charge in [-0.15, -0.1) is 11.3 Å². The minimum atomic E-state index is 0.115. The van der Waals surface area contributed by atoms with Gasteiger partial charge < -0.3 is 4.90 Å². The van der Waals surface area contributed by atoms with Crippen LogP contribution in [0.1, 0.15) is 49.7 Å². The minimum absolute atomic E-state index is 0.115. The Morgan fingerprint density at radius 3 is 2.65 bits per heavy atom. The molecule has 0 bridgehead atoms. The van der Waals surface area contributed by atoms with Gasteiger partial charge in [-0.25, -0.2) is 0 Å². The van der Waals surface area contributed by atoms with Crippen LogP contribution in [0.15, 0.2) is 12.1 Å². The second-order valence-electron chi connectivity index (χ2n) is 4.21. The summed E-state index contributed by atoms with van der Waals surface area (Å²) >= 11 is 7.23. The predicted molar refractivity (Wildman–Crippen MR) is 75.0 cm³/mol. The Kier molecular flexibility index (Phi) is 6.00. The summed E-state index contributed by atoms with van der Waals surface area (Å²) < 4.78 is 0.674. The lowest BCUT2D eigenvalue weighted by Gasteiger charge is -2.28. The van der Waals surface area contributed by atoms with Crippen molar-refractivity contribution in [3.8, 4) is 0 Å². The number of thiophene rings is 1. The molecule has 0 radical (unpaired) electrons. The molecule has 0 N–H and O–H groups in total. The molecule has 2 nitrogen and oxygen atoms in total. The molecule has 4 heteroatoms. The molecule has 0 aliphatic heterocycles. The number of nitrogens with zero attached hydrogens (tertiary/aromatic N) is 1. The number of unbranched alkanes of at least 4 members (excludes halogenated alkanes) is 1.